The van der Waals surface area contributed by atoms with E-state index in [9.17, 15) is 8.42 Å². The highest BCUT2D eigenvalue weighted by atomic mass is 32.2. The first-order chi connectivity index (χ1) is 11.8. The van der Waals surface area contributed by atoms with Gasteiger partial charge in [0.25, 0.3) is 0 Å². The van der Waals surface area contributed by atoms with Crippen LogP contribution in [0.2, 0.25) is 0 Å². The number of nitrogens with two attached hydrogens (primary N) is 1. The van der Waals surface area contributed by atoms with Crippen molar-refractivity contribution in [1.82, 2.24) is 9.62 Å². The van der Waals surface area contributed by atoms with Gasteiger partial charge >= 0.3 is 0 Å². The number of aliphatic imine (C=N–C) groups is 1. The predicted octanol–water partition coefficient (Wildman–Crippen LogP) is 2.06. The normalized spacial score (nSPS) is 19.4. The van der Waals surface area contributed by atoms with Crippen LogP contribution >= 0.6 is 0 Å². The lowest BCUT2D eigenvalue weighted by atomic mass is 10.0. The van der Waals surface area contributed by atoms with Crippen molar-refractivity contribution in [2.75, 3.05) is 13.1 Å². The van der Waals surface area contributed by atoms with E-state index >= 15 is 0 Å². The summed E-state index contributed by atoms with van der Waals surface area (Å²) in [6.07, 6.45) is 2.36. The van der Waals surface area contributed by atoms with Gasteiger partial charge in [-0.3, -0.25) is 0 Å². The summed E-state index contributed by atoms with van der Waals surface area (Å²) in [4.78, 5) is 6.63. The molecule has 0 spiro atoms. The average molecular weight is 367 g/mol. The van der Waals surface area contributed by atoms with Crippen molar-refractivity contribution in [3.63, 3.8) is 0 Å². The molecule has 1 aliphatic heterocycles. The molecule has 0 saturated carbocycles. The number of sulfonamides is 1. The van der Waals surface area contributed by atoms with Crippen LogP contribution in [-0.2, 0) is 22.3 Å². The van der Waals surface area contributed by atoms with Gasteiger partial charge < -0.3 is 10.6 Å². The lowest BCUT2D eigenvalue weighted by molar-refractivity contribution is 0.270. The van der Waals surface area contributed by atoms with Crippen LogP contribution in [0.4, 0.5) is 0 Å². The smallest absolute Gasteiger partial charge is 0.216 e. The number of hydrogen-bond donors (Lipinski definition) is 2. The monoisotopic (exact) mass is 366 g/mol. The number of likely N-dealkylation sites (tertiary alicyclic amines) is 1. The number of nitrogens with one attached hydrogen (secondary N) is 1. The molecule has 6 nitrogen and oxygen atoms in total. The summed E-state index contributed by atoms with van der Waals surface area (Å²) < 4.78 is 27.0. The van der Waals surface area contributed by atoms with Gasteiger partial charge in [0.05, 0.1) is 12.3 Å². The second kappa shape index (κ2) is 8.67. The predicted molar refractivity (Wildman–Crippen MR) is 103 cm³/mol. The Hall–Kier alpha value is -1.60. The van der Waals surface area contributed by atoms with Crippen molar-refractivity contribution in [3.05, 3.63) is 35.4 Å². The molecule has 1 fully saturated rings. The quantitative estimate of drug-likeness (QED) is 0.596. The first-order valence-electron chi connectivity index (χ1n) is 8.88. The Morgan fingerprint density at radius 2 is 2.04 bits per heavy atom. The maximum Gasteiger partial charge on any atom is 0.216 e. The molecular weight excluding hydrogens is 336 g/mol. The topological polar surface area (TPSA) is 87.8 Å². The molecule has 2 rings (SSSR count). The molecule has 0 amide bonds. The molecule has 1 aliphatic rings. The van der Waals surface area contributed by atoms with E-state index in [1.807, 2.05) is 38.1 Å². The van der Waals surface area contributed by atoms with Gasteiger partial charge in [0, 0.05) is 19.1 Å². The molecule has 1 saturated heterocycles. The van der Waals surface area contributed by atoms with Crippen molar-refractivity contribution in [3.8, 4) is 0 Å². The zero-order valence-electron chi connectivity index (χ0n) is 15.4. The summed E-state index contributed by atoms with van der Waals surface area (Å²) in [6, 6.07) is 7.38. The Balaban J connectivity index is 2.08. The zero-order valence-corrected chi connectivity index (χ0v) is 16.2. The first-order valence-corrected chi connectivity index (χ1v) is 10.5. The molecule has 3 N–H and O–H groups in total. The van der Waals surface area contributed by atoms with Crippen molar-refractivity contribution in [1.29, 1.82) is 0 Å². The third-order valence-electron chi connectivity index (χ3n) is 4.27. The average Bonchev–Trinajstić information content (AvgIpc) is 2.52. The van der Waals surface area contributed by atoms with Crippen LogP contribution in [0.1, 0.15) is 44.7 Å². The van der Waals surface area contributed by atoms with Gasteiger partial charge in [-0.15, -0.1) is 0 Å². The maximum atomic E-state index is 12.2. The van der Waals surface area contributed by atoms with Crippen molar-refractivity contribution < 1.29 is 8.42 Å². The number of benzene rings is 1. The van der Waals surface area contributed by atoms with Crippen LogP contribution in [0.25, 0.3) is 0 Å². The lowest BCUT2D eigenvalue weighted by Crippen LogP contribution is -2.43. The zero-order chi connectivity index (χ0) is 18.4. The molecule has 1 unspecified atom stereocenters. The van der Waals surface area contributed by atoms with Gasteiger partial charge in [0.1, 0.15) is 0 Å². The summed E-state index contributed by atoms with van der Waals surface area (Å²) >= 11 is 0. The van der Waals surface area contributed by atoms with Gasteiger partial charge in [-0.05, 0) is 43.7 Å². The van der Waals surface area contributed by atoms with E-state index in [0.29, 0.717) is 18.4 Å². The maximum absolute atomic E-state index is 12.2. The van der Waals surface area contributed by atoms with Gasteiger partial charge in [-0.1, -0.05) is 31.2 Å². The summed E-state index contributed by atoms with van der Waals surface area (Å²) in [5.41, 5.74) is 7.80. The van der Waals surface area contributed by atoms with Gasteiger partial charge in [-0.2, -0.15) is 0 Å². The van der Waals surface area contributed by atoms with Crippen molar-refractivity contribution in [2.24, 2.45) is 16.6 Å². The van der Waals surface area contributed by atoms with Gasteiger partial charge in [0.15, 0.2) is 5.96 Å². The second-order valence-electron chi connectivity index (χ2n) is 7.17. The molecule has 25 heavy (non-hydrogen) atoms. The minimum absolute atomic E-state index is 0.0441. The minimum Gasteiger partial charge on any atom is -0.370 e. The van der Waals surface area contributed by atoms with E-state index in [0.717, 1.165) is 30.6 Å². The van der Waals surface area contributed by atoms with E-state index in [4.69, 9.17) is 5.73 Å². The summed E-state index contributed by atoms with van der Waals surface area (Å²) in [7, 11) is -3.36. The fraction of sp³-hybridized carbons (Fsp3) is 0.611. The van der Waals surface area contributed by atoms with Crippen LogP contribution in [0.15, 0.2) is 29.3 Å². The number of guanidine groups is 1. The second-order valence-corrected chi connectivity index (χ2v) is 8.92. The summed E-state index contributed by atoms with van der Waals surface area (Å²) in [5.74, 6) is 1.13. The molecule has 0 aliphatic carbocycles. The summed E-state index contributed by atoms with van der Waals surface area (Å²) in [5, 5.41) is 0. The highest BCUT2D eigenvalue weighted by molar-refractivity contribution is 7.88. The Bertz CT molecular complexity index is 701. The molecule has 7 heteroatoms. The van der Waals surface area contributed by atoms with Crippen LogP contribution in [0.5, 0.6) is 0 Å². The molecule has 1 aromatic rings. The summed E-state index contributed by atoms with van der Waals surface area (Å²) in [6.45, 7) is 8.12. The van der Waals surface area contributed by atoms with E-state index in [2.05, 4.69) is 21.5 Å². The highest BCUT2D eigenvalue weighted by Gasteiger charge is 2.18. The molecule has 1 atom stereocenters. The third-order valence-corrected chi connectivity index (χ3v) is 5.79. The molecular formula is C18H30N4O2S. The van der Waals surface area contributed by atoms with Crippen LogP contribution in [-0.4, -0.2) is 38.4 Å². The van der Waals surface area contributed by atoms with E-state index in [1.54, 1.807) is 0 Å². The van der Waals surface area contributed by atoms with Gasteiger partial charge in [0.2, 0.25) is 10.0 Å². The Labute approximate surface area is 151 Å². The molecule has 0 bridgehead atoms. The molecule has 1 aromatic carbocycles. The number of piperidine rings is 1. The molecule has 0 aromatic heterocycles. The van der Waals surface area contributed by atoms with E-state index < -0.39 is 10.0 Å². The molecule has 0 radical (unpaired) electrons. The molecule has 1 heterocycles. The lowest BCUT2D eigenvalue weighted by Gasteiger charge is -2.31. The fourth-order valence-electron chi connectivity index (χ4n) is 3.12. The Morgan fingerprint density at radius 1 is 1.36 bits per heavy atom. The third kappa shape index (κ3) is 6.32. The Kier molecular flexibility index (Phi) is 6.84. The first kappa shape index (κ1) is 19.7. The molecule has 140 valence electrons. The fourth-order valence-corrected chi connectivity index (χ4v) is 4.61. The van der Waals surface area contributed by atoms with E-state index in [-0.39, 0.29) is 11.8 Å². The SMILES string of the molecule is CC1CCCN(C(N)=NCc2ccccc2CS(=O)(=O)NC(C)C)C1. The number of hydrogen-bond acceptors (Lipinski definition) is 3. The van der Waals surface area contributed by atoms with Crippen molar-refractivity contribution in [2.45, 2.75) is 52.0 Å². The van der Waals surface area contributed by atoms with Crippen LogP contribution < -0.4 is 10.5 Å². The largest absolute Gasteiger partial charge is 0.370 e. The highest BCUT2D eigenvalue weighted by Crippen LogP contribution is 2.16. The van der Waals surface area contributed by atoms with Crippen LogP contribution in [0.3, 0.4) is 0 Å². The number of nitrogens with zero attached hydrogens (tertiary/aromatic N) is 2. The van der Waals surface area contributed by atoms with E-state index in [1.165, 1.54) is 6.42 Å². The van der Waals surface area contributed by atoms with Crippen LogP contribution in [0, 0.1) is 5.92 Å². The minimum atomic E-state index is -3.36. The standard InChI is InChI=1S/C18H30N4O2S/c1-14(2)21-25(23,24)13-17-9-5-4-8-16(17)11-20-18(19)22-10-6-7-15(3)12-22/h4-5,8-9,14-15,21H,6-7,10-13H2,1-3H3,(H2,19,20). The van der Waals surface area contributed by atoms with Gasteiger partial charge in [-0.25, -0.2) is 18.1 Å². The van der Waals surface area contributed by atoms with Crippen molar-refractivity contribution >= 4 is 16.0 Å². The number of rotatable bonds is 6. The Morgan fingerprint density at radius 3 is 2.68 bits per heavy atom.